The quantitative estimate of drug-likeness (QED) is 0.234. The summed E-state index contributed by atoms with van der Waals surface area (Å²) in [5.41, 5.74) is 3.77. The number of nitrogens with one attached hydrogen (secondary N) is 1. The Kier molecular flexibility index (Phi) is 9.60. The smallest absolute Gasteiger partial charge is 0.119 e. The molecule has 174 valence electrons. The number of rotatable bonds is 11. The number of benzene rings is 3. The second-order valence-electron chi connectivity index (χ2n) is 8.35. The summed E-state index contributed by atoms with van der Waals surface area (Å²) in [6, 6.07) is 27.2. The van der Waals surface area contributed by atoms with Gasteiger partial charge < -0.3 is 19.5 Å². The minimum absolute atomic E-state index is 0.170. The predicted octanol–water partition coefficient (Wildman–Crippen LogP) is 5.94. The highest BCUT2D eigenvalue weighted by molar-refractivity contribution is 14.1. The Bertz CT molecular complexity index is 964. The van der Waals surface area contributed by atoms with Gasteiger partial charge in [-0.05, 0) is 70.4 Å². The monoisotopic (exact) mass is 557 g/mol. The van der Waals surface area contributed by atoms with Gasteiger partial charge in [0.05, 0.1) is 32.5 Å². The van der Waals surface area contributed by atoms with Crippen molar-refractivity contribution >= 4 is 22.6 Å². The molecule has 0 saturated carbocycles. The molecule has 2 atom stereocenters. The van der Waals surface area contributed by atoms with E-state index in [0.29, 0.717) is 32.3 Å². The van der Waals surface area contributed by atoms with Crippen LogP contribution in [-0.4, -0.2) is 32.4 Å². The van der Waals surface area contributed by atoms with Crippen molar-refractivity contribution < 1.29 is 14.2 Å². The summed E-state index contributed by atoms with van der Waals surface area (Å²) in [6.45, 7) is 4.56. The van der Waals surface area contributed by atoms with Crippen molar-refractivity contribution in [1.82, 2.24) is 5.32 Å². The zero-order valence-electron chi connectivity index (χ0n) is 18.9. The molecule has 4 rings (SSSR count). The normalized spacial score (nSPS) is 18.2. The SMILES string of the molecule is Ic1ccccc1COC1CNCCC1c1ccc(OCCCOCc2ccccc2)cc1. The molecule has 0 aliphatic carbocycles. The van der Waals surface area contributed by atoms with Crippen LogP contribution in [0.25, 0.3) is 0 Å². The Morgan fingerprint density at radius 3 is 2.45 bits per heavy atom. The lowest BCUT2D eigenvalue weighted by Crippen LogP contribution is -2.41. The van der Waals surface area contributed by atoms with Crippen molar-refractivity contribution in [2.45, 2.75) is 38.1 Å². The molecule has 1 saturated heterocycles. The maximum Gasteiger partial charge on any atom is 0.119 e. The molecule has 0 amide bonds. The second-order valence-corrected chi connectivity index (χ2v) is 9.51. The van der Waals surface area contributed by atoms with E-state index in [4.69, 9.17) is 14.2 Å². The molecule has 1 aliphatic heterocycles. The van der Waals surface area contributed by atoms with Gasteiger partial charge in [0.25, 0.3) is 0 Å². The summed E-state index contributed by atoms with van der Waals surface area (Å²) < 4.78 is 19.3. The minimum atomic E-state index is 0.170. The van der Waals surface area contributed by atoms with E-state index in [0.717, 1.165) is 31.7 Å². The van der Waals surface area contributed by atoms with Crippen LogP contribution < -0.4 is 10.1 Å². The van der Waals surface area contributed by atoms with E-state index < -0.39 is 0 Å². The highest BCUT2D eigenvalue weighted by Gasteiger charge is 2.27. The first-order valence-corrected chi connectivity index (χ1v) is 12.8. The van der Waals surface area contributed by atoms with E-state index in [2.05, 4.69) is 88.6 Å². The molecule has 2 unspecified atom stereocenters. The van der Waals surface area contributed by atoms with Crippen molar-refractivity contribution in [1.29, 1.82) is 0 Å². The molecule has 0 spiro atoms. The van der Waals surface area contributed by atoms with Crippen LogP contribution in [-0.2, 0) is 22.7 Å². The van der Waals surface area contributed by atoms with Crippen LogP contribution in [0.3, 0.4) is 0 Å². The molecule has 4 nitrogen and oxygen atoms in total. The van der Waals surface area contributed by atoms with Gasteiger partial charge in [-0.25, -0.2) is 0 Å². The molecule has 1 heterocycles. The van der Waals surface area contributed by atoms with Crippen LogP contribution in [0.2, 0.25) is 0 Å². The Hall–Kier alpha value is -1.93. The third-order valence-electron chi connectivity index (χ3n) is 5.96. The average Bonchev–Trinajstić information content (AvgIpc) is 2.87. The molecule has 3 aromatic rings. The molecule has 0 radical (unpaired) electrons. The molecule has 33 heavy (non-hydrogen) atoms. The first-order chi connectivity index (χ1) is 16.3. The molecular formula is C28H32INO3. The van der Waals surface area contributed by atoms with Gasteiger partial charge in [0.1, 0.15) is 5.75 Å². The van der Waals surface area contributed by atoms with Gasteiger partial charge >= 0.3 is 0 Å². The van der Waals surface area contributed by atoms with Gasteiger partial charge in [-0.1, -0.05) is 60.7 Å². The topological polar surface area (TPSA) is 39.7 Å². The van der Waals surface area contributed by atoms with Crippen LogP contribution in [0.5, 0.6) is 5.75 Å². The zero-order valence-corrected chi connectivity index (χ0v) is 21.1. The van der Waals surface area contributed by atoms with E-state index in [1.807, 2.05) is 18.2 Å². The first-order valence-electron chi connectivity index (χ1n) is 11.7. The van der Waals surface area contributed by atoms with Crippen molar-refractivity contribution in [2.24, 2.45) is 0 Å². The third-order valence-corrected chi connectivity index (χ3v) is 7.01. The molecule has 0 bridgehead atoms. The standard InChI is InChI=1S/C28H32INO3/c29-27-10-5-4-9-24(27)21-33-28-19-30-16-15-26(28)23-11-13-25(14-12-23)32-18-6-17-31-20-22-7-2-1-3-8-22/h1-5,7-14,26,28,30H,6,15-21H2. The molecular weight excluding hydrogens is 525 g/mol. The van der Waals surface area contributed by atoms with E-state index in [-0.39, 0.29) is 6.10 Å². The highest BCUT2D eigenvalue weighted by atomic mass is 127. The fourth-order valence-corrected chi connectivity index (χ4v) is 4.67. The molecule has 1 aliphatic rings. The summed E-state index contributed by atoms with van der Waals surface area (Å²) in [5.74, 6) is 1.31. The van der Waals surface area contributed by atoms with Gasteiger partial charge in [0.15, 0.2) is 0 Å². The van der Waals surface area contributed by atoms with E-state index in [9.17, 15) is 0 Å². The van der Waals surface area contributed by atoms with Crippen LogP contribution in [0.4, 0.5) is 0 Å². The fourth-order valence-electron chi connectivity index (χ4n) is 4.13. The maximum atomic E-state index is 6.37. The van der Waals surface area contributed by atoms with Gasteiger partial charge in [-0.2, -0.15) is 0 Å². The number of halogens is 1. The van der Waals surface area contributed by atoms with Gasteiger partial charge in [-0.3, -0.25) is 0 Å². The molecule has 3 aromatic carbocycles. The van der Waals surface area contributed by atoms with E-state index >= 15 is 0 Å². The minimum Gasteiger partial charge on any atom is -0.494 e. The van der Waals surface area contributed by atoms with Crippen molar-refractivity contribution in [2.75, 3.05) is 26.3 Å². The summed E-state index contributed by atoms with van der Waals surface area (Å²) in [5, 5.41) is 3.49. The Labute approximate surface area is 210 Å². The molecule has 0 aromatic heterocycles. The number of ether oxygens (including phenoxy) is 3. The van der Waals surface area contributed by atoms with Gasteiger partial charge in [0, 0.05) is 22.5 Å². The lowest BCUT2D eigenvalue weighted by molar-refractivity contribution is 0.0103. The lowest BCUT2D eigenvalue weighted by Gasteiger charge is -2.32. The average molecular weight is 557 g/mol. The van der Waals surface area contributed by atoms with Crippen LogP contribution in [0.15, 0.2) is 78.9 Å². The summed E-state index contributed by atoms with van der Waals surface area (Å²) >= 11 is 2.38. The molecule has 1 fully saturated rings. The Morgan fingerprint density at radius 2 is 1.64 bits per heavy atom. The third kappa shape index (κ3) is 7.54. The maximum absolute atomic E-state index is 6.37. The summed E-state index contributed by atoms with van der Waals surface area (Å²) in [7, 11) is 0. The first kappa shape index (κ1) is 24.2. The van der Waals surface area contributed by atoms with Crippen LogP contribution in [0.1, 0.15) is 35.4 Å². The van der Waals surface area contributed by atoms with E-state index in [1.54, 1.807) is 0 Å². The van der Waals surface area contributed by atoms with Crippen LogP contribution >= 0.6 is 22.6 Å². The summed E-state index contributed by atoms with van der Waals surface area (Å²) in [6.07, 6.45) is 2.12. The fraction of sp³-hybridized carbons (Fsp3) is 0.357. The molecule has 5 heteroatoms. The number of hydrogen-bond donors (Lipinski definition) is 1. The van der Waals surface area contributed by atoms with Crippen molar-refractivity contribution in [3.63, 3.8) is 0 Å². The number of piperidine rings is 1. The Balaban J connectivity index is 1.22. The van der Waals surface area contributed by atoms with Crippen molar-refractivity contribution in [3.05, 3.63) is 99.1 Å². The Morgan fingerprint density at radius 1 is 0.848 bits per heavy atom. The lowest BCUT2D eigenvalue weighted by atomic mass is 9.87. The zero-order chi connectivity index (χ0) is 22.7. The van der Waals surface area contributed by atoms with Crippen molar-refractivity contribution in [3.8, 4) is 5.75 Å². The molecule has 1 N–H and O–H groups in total. The van der Waals surface area contributed by atoms with Gasteiger partial charge in [0.2, 0.25) is 0 Å². The second kappa shape index (κ2) is 13.1. The highest BCUT2D eigenvalue weighted by Crippen LogP contribution is 2.30. The summed E-state index contributed by atoms with van der Waals surface area (Å²) in [4.78, 5) is 0. The van der Waals surface area contributed by atoms with Gasteiger partial charge in [-0.15, -0.1) is 0 Å². The largest absolute Gasteiger partial charge is 0.494 e. The number of hydrogen-bond acceptors (Lipinski definition) is 4. The predicted molar refractivity (Wildman–Crippen MR) is 141 cm³/mol. The van der Waals surface area contributed by atoms with Crippen LogP contribution in [0, 0.1) is 3.57 Å². The van der Waals surface area contributed by atoms with E-state index in [1.165, 1.54) is 20.3 Å².